The molecule has 1 aliphatic rings. The predicted molar refractivity (Wildman–Crippen MR) is 92.7 cm³/mol. The zero-order valence-electron chi connectivity index (χ0n) is 13.4. The van der Waals surface area contributed by atoms with Gasteiger partial charge < -0.3 is 15.5 Å². The summed E-state index contributed by atoms with van der Waals surface area (Å²) in [7, 11) is 0. The van der Waals surface area contributed by atoms with Crippen LogP contribution in [0.15, 0.2) is 24.3 Å². The van der Waals surface area contributed by atoms with E-state index in [9.17, 15) is 9.59 Å². The highest BCUT2D eigenvalue weighted by atomic mass is 32.1. The fraction of sp³-hybridized carbons (Fsp3) is 0.412. The number of aryl methyl sites for hydroxylation is 1. The summed E-state index contributed by atoms with van der Waals surface area (Å²) >= 11 is 1.55. The third-order valence-electron chi connectivity index (χ3n) is 4.31. The number of nitrogens with two attached hydrogens (primary N) is 1. The number of hydrogen-bond acceptors (Lipinski definition) is 4. The maximum Gasteiger partial charge on any atom is 0.264 e. The lowest BCUT2D eigenvalue weighted by Gasteiger charge is -2.35. The van der Waals surface area contributed by atoms with Gasteiger partial charge in [-0.15, -0.1) is 11.3 Å². The Bertz CT molecular complexity index is 745. The molecular formula is C17H21N3O2S. The van der Waals surface area contributed by atoms with E-state index in [1.54, 1.807) is 23.2 Å². The summed E-state index contributed by atoms with van der Waals surface area (Å²) in [6, 6.07) is 7.60. The SMILES string of the molecule is Cc1c(C(=O)N2CCN(C(=O)[C@H](C)N)CC2)sc2ccccc12. The lowest BCUT2D eigenvalue weighted by Crippen LogP contribution is -2.53. The molecule has 6 heteroatoms. The van der Waals surface area contributed by atoms with Gasteiger partial charge in [-0.25, -0.2) is 0 Å². The first kappa shape index (κ1) is 16.0. The van der Waals surface area contributed by atoms with Gasteiger partial charge in [0, 0.05) is 30.9 Å². The minimum absolute atomic E-state index is 0.0462. The molecule has 1 atom stereocenters. The van der Waals surface area contributed by atoms with E-state index in [1.807, 2.05) is 30.0 Å². The smallest absolute Gasteiger partial charge is 0.264 e. The highest BCUT2D eigenvalue weighted by Crippen LogP contribution is 2.31. The Morgan fingerprint density at radius 3 is 2.35 bits per heavy atom. The van der Waals surface area contributed by atoms with Gasteiger partial charge in [-0.05, 0) is 30.9 Å². The lowest BCUT2D eigenvalue weighted by molar-refractivity contribution is -0.133. The molecule has 1 fully saturated rings. The van der Waals surface area contributed by atoms with Crippen LogP contribution >= 0.6 is 11.3 Å². The number of hydrogen-bond donors (Lipinski definition) is 1. The number of fused-ring (bicyclic) bond motifs is 1. The quantitative estimate of drug-likeness (QED) is 0.913. The van der Waals surface area contributed by atoms with Crippen molar-refractivity contribution in [2.24, 2.45) is 5.73 Å². The molecule has 2 heterocycles. The van der Waals surface area contributed by atoms with E-state index in [0.717, 1.165) is 20.5 Å². The molecule has 1 aromatic heterocycles. The highest BCUT2D eigenvalue weighted by molar-refractivity contribution is 7.21. The standard InChI is InChI=1S/C17H21N3O2S/c1-11-13-5-3-4-6-14(13)23-15(11)17(22)20-9-7-19(8-10-20)16(21)12(2)18/h3-6,12H,7-10,18H2,1-2H3/t12-/m0/s1. The summed E-state index contributed by atoms with van der Waals surface area (Å²) in [5.41, 5.74) is 6.69. The summed E-state index contributed by atoms with van der Waals surface area (Å²) in [6.45, 7) is 5.92. The molecule has 1 aliphatic heterocycles. The van der Waals surface area contributed by atoms with Crippen molar-refractivity contribution >= 4 is 33.2 Å². The zero-order valence-corrected chi connectivity index (χ0v) is 14.2. The van der Waals surface area contributed by atoms with Gasteiger partial charge in [0.05, 0.1) is 10.9 Å². The number of piperazine rings is 1. The minimum Gasteiger partial charge on any atom is -0.338 e. The van der Waals surface area contributed by atoms with Crippen molar-refractivity contribution < 1.29 is 9.59 Å². The molecule has 0 spiro atoms. The summed E-state index contributed by atoms with van der Waals surface area (Å²) < 4.78 is 1.14. The number of rotatable bonds is 2. The van der Waals surface area contributed by atoms with Gasteiger partial charge in [-0.2, -0.15) is 0 Å². The molecule has 1 aromatic carbocycles. The van der Waals surface area contributed by atoms with Crippen LogP contribution in [0.1, 0.15) is 22.2 Å². The van der Waals surface area contributed by atoms with Crippen LogP contribution in [0.4, 0.5) is 0 Å². The maximum atomic E-state index is 12.8. The van der Waals surface area contributed by atoms with Crippen molar-refractivity contribution in [2.45, 2.75) is 19.9 Å². The Morgan fingerprint density at radius 1 is 1.13 bits per heavy atom. The van der Waals surface area contributed by atoms with E-state index < -0.39 is 6.04 Å². The predicted octanol–water partition coefficient (Wildman–Crippen LogP) is 1.84. The second-order valence-corrected chi connectivity index (χ2v) is 7.01. The van der Waals surface area contributed by atoms with E-state index in [2.05, 4.69) is 6.07 Å². The van der Waals surface area contributed by atoms with Crippen LogP contribution in [-0.2, 0) is 4.79 Å². The summed E-state index contributed by atoms with van der Waals surface area (Å²) in [4.78, 5) is 29.1. The molecule has 0 aliphatic carbocycles. The minimum atomic E-state index is -0.484. The van der Waals surface area contributed by atoms with E-state index >= 15 is 0 Å². The summed E-state index contributed by atoms with van der Waals surface area (Å²) in [5, 5.41) is 1.15. The van der Waals surface area contributed by atoms with Crippen LogP contribution in [0.2, 0.25) is 0 Å². The Morgan fingerprint density at radius 2 is 1.74 bits per heavy atom. The van der Waals surface area contributed by atoms with E-state index in [4.69, 9.17) is 5.73 Å². The monoisotopic (exact) mass is 331 g/mol. The van der Waals surface area contributed by atoms with Crippen molar-refractivity contribution in [3.05, 3.63) is 34.7 Å². The zero-order chi connectivity index (χ0) is 16.6. The second-order valence-electron chi connectivity index (χ2n) is 5.96. The molecule has 23 heavy (non-hydrogen) atoms. The van der Waals surface area contributed by atoms with E-state index in [1.165, 1.54) is 0 Å². The van der Waals surface area contributed by atoms with Crippen LogP contribution in [-0.4, -0.2) is 53.8 Å². The number of thiophene rings is 1. The van der Waals surface area contributed by atoms with Gasteiger partial charge in [0.1, 0.15) is 0 Å². The highest BCUT2D eigenvalue weighted by Gasteiger charge is 2.27. The molecule has 0 radical (unpaired) electrons. The molecule has 0 saturated carbocycles. The third-order valence-corrected chi connectivity index (χ3v) is 5.57. The Kier molecular flexibility index (Phi) is 4.37. The number of amides is 2. The fourth-order valence-corrected chi connectivity index (χ4v) is 4.12. The third kappa shape index (κ3) is 2.96. The van der Waals surface area contributed by atoms with Crippen LogP contribution in [0.5, 0.6) is 0 Å². The average Bonchev–Trinajstić information content (AvgIpc) is 2.91. The molecule has 1 saturated heterocycles. The van der Waals surface area contributed by atoms with Crippen molar-refractivity contribution in [2.75, 3.05) is 26.2 Å². The number of benzene rings is 1. The second kappa shape index (κ2) is 6.29. The number of nitrogens with zero attached hydrogens (tertiary/aromatic N) is 2. The van der Waals surface area contributed by atoms with Crippen LogP contribution in [0, 0.1) is 6.92 Å². The molecule has 122 valence electrons. The summed E-state index contributed by atoms with van der Waals surface area (Å²) in [6.07, 6.45) is 0. The van der Waals surface area contributed by atoms with Crippen molar-refractivity contribution in [3.63, 3.8) is 0 Å². The van der Waals surface area contributed by atoms with Crippen molar-refractivity contribution in [1.82, 2.24) is 9.80 Å². The first-order valence-corrected chi connectivity index (χ1v) is 8.62. The van der Waals surface area contributed by atoms with Gasteiger partial charge in [0.2, 0.25) is 5.91 Å². The van der Waals surface area contributed by atoms with Crippen LogP contribution in [0.3, 0.4) is 0 Å². The molecule has 2 aromatic rings. The topological polar surface area (TPSA) is 66.6 Å². The first-order valence-electron chi connectivity index (χ1n) is 7.81. The summed E-state index contributed by atoms with van der Waals surface area (Å²) in [5.74, 6) is 0.0201. The Balaban J connectivity index is 1.74. The van der Waals surface area contributed by atoms with Crippen molar-refractivity contribution in [3.8, 4) is 0 Å². The van der Waals surface area contributed by atoms with Crippen LogP contribution < -0.4 is 5.73 Å². The van der Waals surface area contributed by atoms with Gasteiger partial charge >= 0.3 is 0 Å². The molecule has 0 unspecified atom stereocenters. The average molecular weight is 331 g/mol. The van der Waals surface area contributed by atoms with Crippen LogP contribution in [0.25, 0.3) is 10.1 Å². The fourth-order valence-electron chi connectivity index (χ4n) is 2.94. The molecular weight excluding hydrogens is 310 g/mol. The first-order chi connectivity index (χ1) is 11.0. The molecule has 3 rings (SSSR count). The van der Waals surface area contributed by atoms with Gasteiger partial charge in [0.15, 0.2) is 0 Å². The molecule has 0 bridgehead atoms. The lowest BCUT2D eigenvalue weighted by atomic mass is 10.1. The number of carbonyl (C=O) groups is 2. The maximum absolute atomic E-state index is 12.8. The van der Waals surface area contributed by atoms with Crippen molar-refractivity contribution in [1.29, 1.82) is 0 Å². The normalized spacial score (nSPS) is 16.7. The van der Waals surface area contributed by atoms with E-state index in [-0.39, 0.29) is 11.8 Å². The molecule has 2 amide bonds. The molecule has 2 N–H and O–H groups in total. The Hall–Kier alpha value is -1.92. The van der Waals surface area contributed by atoms with Gasteiger partial charge in [-0.3, -0.25) is 9.59 Å². The largest absolute Gasteiger partial charge is 0.338 e. The van der Waals surface area contributed by atoms with E-state index in [0.29, 0.717) is 26.2 Å². The van der Waals surface area contributed by atoms with Gasteiger partial charge in [0.25, 0.3) is 5.91 Å². The number of carbonyl (C=O) groups excluding carboxylic acids is 2. The Labute approximate surface area is 139 Å². The molecule has 5 nitrogen and oxygen atoms in total. The van der Waals surface area contributed by atoms with Gasteiger partial charge in [-0.1, -0.05) is 18.2 Å².